The largest absolute Gasteiger partial charge is 0.490 e. The standard InChI is InChI=1S/C19H22O4/c1-5-21-16-8-6-7-9-17(16)22-12-18(20)23-19-14(3)10-13(2)11-15(19)4/h6-11H,5,12H2,1-4H3. The highest BCUT2D eigenvalue weighted by molar-refractivity contribution is 5.75. The van der Waals surface area contributed by atoms with Gasteiger partial charge in [0.15, 0.2) is 18.1 Å². The van der Waals surface area contributed by atoms with Gasteiger partial charge in [-0.25, -0.2) is 4.79 Å². The van der Waals surface area contributed by atoms with E-state index >= 15 is 0 Å². The third-order valence-electron chi connectivity index (χ3n) is 3.32. The molecule has 0 aliphatic heterocycles. The predicted molar refractivity (Wildman–Crippen MR) is 89.4 cm³/mol. The van der Waals surface area contributed by atoms with E-state index in [-0.39, 0.29) is 6.61 Å². The molecule has 0 aromatic heterocycles. The van der Waals surface area contributed by atoms with E-state index in [0.717, 1.165) is 16.7 Å². The second kappa shape index (κ2) is 7.68. The van der Waals surface area contributed by atoms with Crippen LogP contribution in [0.15, 0.2) is 36.4 Å². The molecule has 2 rings (SSSR count). The summed E-state index contributed by atoms with van der Waals surface area (Å²) in [7, 11) is 0. The Kier molecular flexibility index (Phi) is 5.63. The summed E-state index contributed by atoms with van der Waals surface area (Å²) < 4.78 is 16.4. The van der Waals surface area contributed by atoms with E-state index in [0.29, 0.717) is 23.9 Å². The maximum Gasteiger partial charge on any atom is 0.349 e. The van der Waals surface area contributed by atoms with Gasteiger partial charge >= 0.3 is 5.97 Å². The fraction of sp³-hybridized carbons (Fsp3) is 0.316. The summed E-state index contributed by atoms with van der Waals surface area (Å²) in [6.07, 6.45) is 0. The first-order valence-corrected chi connectivity index (χ1v) is 7.64. The Morgan fingerprint density at radius 2 is 1.52 bits per heavy atom. The molecule has 0 radical (unpaired) electrons. The van der Waals surface area contributed by atoms with Crippen molar-refractivity contribution in [3.8, 4) is 17.2 Å². The molecule has 0 saturated carbocycles. The quantitative estimate of drug-likeness (QED) is 0.597. The van der Waals surface area contributed by atoms with Crippen molar-refractivity contribution in [3.63, 3.8) is 0 Å². The summed E-state index contributed by atoms with van der Waals surface area (Å²) in [6, 6.07) is 11.2. The van der Waals surface area contributed by atoms with Gasteiger partial charge in [0.25, 0.3) is 0 Å². The number of ether oxygens (including phenoxy) is 3. The minimum Gasteiger partial charge on any atom is -0.490 e. The predicted octanol–water partition coefficient (Wildman–Crippen LogP) is 3.99. The molecule has 0 atom stereocenters. The molecule has 0 aliphatic carbocycles. The third kappa shape index (κ3) is 4.49. The van der Waals surface area contributed by atoms with E-state index in [1.807, 2.05) is 52.0 Å². The van der Waals surface area contributed by atoms with Crippen LogP contribution in [0.4, 0.5) is 0 Å². The second-order valence-corrected chi connectivity index (χ2v) is 5.37. The van der Waals surface area contributed by atoms with Crippen molar-refractivity contribution in [2.45, 2.75) is 27.7 Å². The normalized spacial score (nSPS) is 10.3. The van der Waals surface area contributed by atoms with Gasteiger partial charge < -0.3 is 14.2 Å². The zero-order valence-electron chi connectivity index (χ0n) is 14.0. The van der Waals surface area contributed by atoms with Crippen LogP contribution in [0.2, 0.25) is 0 Å². The first-order chi connectivity index (χ1) is 11.0. The fourth-order valence-electron chi connectivity index (χ4n) is 2.45. The van der Waals surface area contributed by atoms with E-state index < -0.39 is 5.97 Å². The van der Waals surface area contributed by atoms with E-state index in [4.69, 9.17) is 14.2 Å². The minimum absolute atomic E-state index is 0.170. The lowest BCUT2D eigenvalue weighted by Crippen LogP contribution is -2.19. The molecule has 0 unspecified atom stereocenters. The number of benzene rings is 2. The highest BCUT2D eigenvalue weighted by Crippen LogP contribution is 2.27. The van der Waals surface area contributed by atoms with Crippen molar-refractivity contribution in [1.82, 2.24) is 0 Å². The van der Waals surface area contributed by atoms with Gasteiger partial charge in [-0.1, -0.05) is 29.8 Å². The van der Waals surface area contributed by atoms with Crippen LogP contribution in [-0.2, 0) is 4.79 Å². The molecular formula is C19H22O4. The number of hydrogen-bond acceptors (Lipinski definition) is 4. The van der Waals surface area contributed by atoms with Crippen LogP contribution in [0.5, 0.6) is 17.2 Å². The highest BCUT2D eigenvalue weighted by Gasteiger charge is 2.13. The zero-order valence-corrected chi connectivity index (χ0v) is 14.0. The van der Waals surface area contributed by atoms with Crippen molar-refractivity contribution < 1.29 is 19.0 Å². The molecule has 0 bridgehead atoms. The Morgan fingerprint density at radius 1 is 0.957 bits per heavy atom. The van der Waals surface area contributed by atoms with Gasteiger partial charge in [0.05, 0.1) is 6.61 Å². The van der Waals surface area contributed by atoms with Gasteiger partial charge in [0, 0.05) is 0 Å². The molecule has 0 heterocycles. The lowest BCUT2D eigenvalue weighted by Gasteiger charge is -2.13. The third-order valence-corrected chi connectivity index (χ3v) is 3.32. The molecule has 2 aromatic rings. The summed E-state index contributed by atoms with van der Waals surface area (Å²) >= 11 is 0. The Hall–Kier alpha value is -2.49. The van der Waals surface area contributed by atoms with Crippen LogP contribution < -0.4 is 14.2 Å². The number of carbonyl (C=O) groups is 1. The Balaban J connectivity index is 2.01. The summed E-state index contributed by atoms with van der Waals surface area (Å²) in [5.74, 6) is 1.31. The smallest absolute Gasteiger partial charge is 0.349 e. The first kappa shape index (κ1) is 16.9. The number of hydrogen-bond donors (Lipinski definition) is 0. The molecule has 23 heavy (non-hydrogen) atoms. The van der Waals surface area contributed by atoms with Gasteiger partial charge in [-0.15, -0.1) is 0 Å². The summed E-state index contributed by atoms with van der Waals surface area (Å²) in [4.78, 5) is 12.1. The van der Waals surface area contributed by atoms with Crippen LogP contribution in [0.1, 0.15) is 23.6 Å². The number of carbonyl (C=O) groups excluding carboxylic acids is 1. The topological polar surface area (TPSA) is 44.8 Å². The molecule has 0 saturated heterocycles. The molecule has 0 spiro atoms. The molecule has 122 valence electrons. The first-order valence-electron chi connectivity index (χ1n) is 7.64. The second-order valence-electron chi connectivity index (χ2n) is 5.37. The molecule has 0 amide bonds. The fourth-order valence-corrected chi connectivity index (χ4v) is 2.45. The van der Waals surface area contributed by atoms with Gasteiger partial charge in [-0.3, -0.25) is 0 Å². The van der Waals surface area contributed by atoms with Gasteiger partial charge in [0.2, 0.25) is 0 Å². The molecule has 4 heteroatoms. The van der Waals surface area contributed by atoms with Crippen molar-refractivity contribution in [2.75, 3.05) is 13.2 Å². The summed E-state index contributed by atoms with van der Waals surface area (Å²) in [6.45, 7) is 8.12. The summed E-state index contributed by atoms with van der Waals surface area (Å²) in [5, 5.41) is 0. The SMILES string of the molecule is CCOc1ccccc1OCC(=O)Oc1c(C)cc(C)cc1C. The Labute approximate surface area is 137 Å². The van der Waals surface area contributed by atoms with Gasteiger partial charge in [0.1, 0.15) is 5.75 Å². The summed E-state index contributed by atoms with van der Waals surface area (Å²) in [5.41, 5.74) is 3.01. The van der Waals surface area contributed by atoms with E-state index in [2.05, 4.69) is 0 Å². The maximum atomic E-state index is 12.1. The zero-order chi connectivity index (χ0) is 16.8. The lowest BCUT2D eigenvalue weighted by atomic mass is 10.1. The minimum atomic E-state index is -0.439. The molecule has 0 aliphatic rings. The van der Waals surface area contributed by atoms with E-state index in [9.17, 15) is 4.79 Å². The number of para-hydroxylation sites is 2. The van der Waals surface area contributed by atoms with E-state index in [1.165, 1.54) is 0 Å². The number of esters is 1. The van der Waals surface area contributed by atoms with Crippen molar-refractivity contribution >= 4 is 5.97 Å². The van der Waals surface area contributed by atoms with Gasteiger partial charge in [-0.2, -0.15) is 0 Å². The number of aryl methyl sites for hydroxylation is 3. The average Bonchev–Trinajstić information content (AvgIpc) is 2.50. The maximum absolute atomic E-state index is 12.1. The molecule has 0 N–H and O–H groups in total. The lowest BCUT2D eigenvalue weighted by molar-refractivity contribution is -0.136. The highest BCUT2D eigenvalue weighted by atomic mass is 16.6. The van der Waals surface area contributed by atoms with Crippen LogP contribution in [-0.4, -0.2) is 19.2 Å². The molecule has 4 nitrogen and oxygen atoms in total. The van der Waals surface area contributed by atoms with Crippen LogP contribution >= 0.6 is 0 Å². The van der Waals surface area contributed by atoms with Crippen LogP contribution in [0.3, 0.4) is 0 Å². The van der Waals surface area contributed by atoms with E-state index in [1.54, 1.807) is 12.1 Å². The van der Waals surface area contributed by atoms with Crippen LogP contribution in [0, 0.1) is 20.8 Å². The Bertz CT molecular complexity index is 669. The van der Waals surface area contributed by atoms with Crippen LogP contribution in [0.25, 0.3) is 0 Å². The number of rotatable bonds is 6. The molecule has 0 fully saturated rings. The van der Waals surface area contributed by atoms with Gasteiger partial charge in [-0.05, 0) is 51.0 Å². The molecule has 2 aromatic carbocycles. The van der Waals surface area contributed by atoms with Crippen molar-refractivity contribution in [3.05, 3.63) is 53.1 Å². The van der Waals surface area contributed by atoms with Crippen molar-refractivity contribution in [2.24, 2.45) is 0 Å². The monoisotopic (exact) mass is 314 g/mol. The average molecular weight is 314 g/mol. The molecular weight excluding hydrogens is 292 g/mol. The van der Waals surface area contributed by atoms with Crippen molar-refractivity contribution in [1.29, 1.82) is 0 Å². The Morgan fingerprint density at radius 3 is 2.09 bits per heavy atom.